The Labute approximate surface area is 53.7 Å². The number of halogens is 1. The van der Waals surface area contributed by atoms with E-state index in [0.717, 1.165) is 5.57 Å². The average molecular weight is 122 g/mol. The lowest BCUT2D eigenvalue weighted by Gasteiger charge is -1.79. The molecule has 9 heavy (non-hydrogen) atoms. The molecule has 0 amide bonds. The van der Waals surface area contributed by atoms with Crippen LogP contribution in [-0.4, -0.2) is 0 Å². The predicted octanol–water partition coefficient (Wildman–Crippen LogP) is 2.51. The number of allylic oxidation sites excluding steroid dienone is 5. The average Bonchev–Trinajstić information content (AvgIpc) is 1.97. The fraction of sp³-hybridized carbons (Fsp3) is 0.125. The molecule has 46 valence electrons. The highest BCUT2D eigenvalue weighted by Crippen LogP contribution is 2.05. The largest absolute Gasteiger partial charge is 0.207 e. The molecule has 0 spiro atoms. The van der Waals surface area contributed by atoms with Gasteiger partial charge in [-0.2, -0.15) is 0 Å². The molecule has 0 atom stereocenters. The topological polar surface area (TPSA) is 0 Å². The van der Waals surface area contributed by atoms with Crippen LogP contribution in [0.5, 0.6) is 0 Å². The van der Waals surface area contributed by atoms with E-state index in [1.165, 1.54) is 12.2 Å². The monoisotopic (exact) mass is 122 g/mol. The molecule has 0 heterocycles. The Morgan fingerprint density at radius 3 is 3.00 bits per heavy atom. The Bertz CT molecular complexity index is 225. The van der Waals surface area contributed by atoms with E-state index in [0.29, 0.717) is 0 Å². The summed E-state index contributed by atoms with van der Waals surface area (Å²) in [6.45, 7) is 1.87. The summed E-state index contributed by atoms with van der Waals surface area (Å²) in [7, 11) is 0. The second-order valence-electron chi connectivity index (χ2n) is 1.88. The van der Waals surface area contributed by atoms with Gasteiger partial charge in [0.05, 0.1) is 0 Å². The lowest BCUT2D eigenvalue weighted by atomic mass is 10.3. The molecule has 0 aliphatic heterocycles. The zero-order chi connectivity index (χ0) is 6.69. The Morgan fingerprint density at radius 2 is 2.22 bits per heavy atom. The van der Waals surface area contributed by atoms with E-state index in [9.17, 15) is 4.39 Å². The minimum atomic E-state index is -0.223. The number of hydrogen-bond donors (Lipinski definition) is 0. The van der Waals surface area contributed by atoms with Gasteiger partial charge in [-0.1, -0.05) is 0 Å². The summed E-state index contributed by atoms with van der Waals surface area (Å²) >= 11 is 0. The third-order valence-electron chi connectivity index (χ3n) is 1.05. The molecule has 1 heteroatoms. The van der Waals surface area contributed by atoms with E-state index in [2.05, 4.69) is 5.73 Å². The van der Waals surface area contributed by atoms with Crippen LogP contribution in [0.4, 0.5) is 4.39 Å². The maximum absolute atomic E-state index is 12.3. The zero-order valence-corrected chi connectivity index (χ0v) is 5.19. The van der Waals surface area contributed by atoms with Gasteiger partial charge in [0, 0.05) is 0 Å². The van der Waals surface area contributed by atoms with Crippen LogP contribution in [0.25, 0.3) is 0 Å². The fourth-order valence-corrected chi connectivity index (χ4v) is 0.561. The van der Waals surface area contributed by atoms with Crippen molar-refractivity contribution in [1.29, 1.82) is 0 Å². The van der Waals surface area contributed by atoms with Crippen molar-refractivity contribution >= 4 is 0 Å². The molecule has 1 aliphatic rings. The predicted molar refractivity (Wildman–Crippen MR) is 35.6 cm³/mol. The van der Waals surface area contributed by atoms with E-state index in [4.69, 9.17) is 0 Å². The van der Waals surface area contributed by atoms with Crippen molar-refractivity contribution in [2.24, 2.45) is 0 Å². The fourth-order valence-electron chi connectivity index (χ4n) is 0.561. The maximum atomic E-state index is 12.3. The summed E-state index contributed by atoms with van der Waals surface area (Å²) < 4.78 is 12.3. The number of hydrogen-bond acceptors (Lipinski definition) is 0. The van der Waals surface area contributed by atoms with E-state index in [1.807, 2.05) is 6.92 Å². The normalized spacial score (nSPS) is 16.7. The number of rotatable bonds is 0. The van der Waals surface area contributed by atoms with Gasteiger partial charge >= 0.3 is 0 Å². The van der Waals surface area contributed by atoms with Crippen LogP contribution in [0.3, 0.4) is 0 Å². The molecule has 1 aliphatic carbocycles. The zero-order valence-electron chi connectivity index (χ0n) is 5.19. The molecule has 0 aromatic rings. The summed E-state index contributed by atoms with van der Waals surface area (Å²) in [5.74, 6) is -0.223. The molecule has 0 radical (unpaired) electrons. The van der Waals surface area contributed by atoms with Gasteiger partial charge in [0.25, 0.3) is 0 Å². The van der Waals surface area contributed by atoms with Crippen molar-refractivity contribution in [2.45, 2.75) is 6.92 Å². The second-order valence-corrected chi connectivity index (χ2v) is 1.88. The molecule has 0 nitrogen and oxygen atoms in total. The first-order chi connectivity index (χ1) is 4.29. The highest BCUT2D eigenvalue weighted by molar-refractivity contribution is 5.29. The van der Waals surface area contributed by atoms with E-state index in [1.54, 1.807) is 12.2 Å². The van der Waals surface area contributed by atoms with Gasteiger partial charge in [-0.15, -0.1) is 5.73 Å². The summed E-state index contributed by atoms with van der Waals surface area (Å²) in [6, 6.07) is 0. The molecule has 1 rings (SSSR count). The van der Waals surface area contributed by atoms with Crippen LogP contribution in [0.2, 0.25) is 0 Å². The van der Waals surface area contributed by atoms with Crippen LogP contribution < -0.4 is 0 Å². The Morgan fingerprint density at radius 1 is 1.44 bits per heavy atom. The van der Waals surface area contributed by atoms with Crippen LogP contribution in [0.15, 0.2) is 41.4 Å². The van der Waals surface area contributed by atoms with E-state index < -0.39 is 0 Å². The Balaban J connectivity index is 2.96. The van der Waals surface area contributed by atoms with E-state index >= 15 is 0 Å². The third kappa shape index (κ3) is 1.71. The van der Waals surface area contributed by atoms with Crippen LogP contribution in [0.1, 0.15) is 6.92 Å². The molecule has 0 saturated carbocycles. The van der Waals surface area contributed by atoms with Crippen LogP contribution >= 0.6 is 0 Å². The smallest absolute Gasteiger partial charge is 0.123 e. The second kappa shape index (κ2) is 2.47. The molecular formula is C8H7F. The first-order valence-electron chi connectivity index (χ1n) is 2.76. The quantitative estimate of drug-likeness (QED) is 0.433. The highest BCUT2D eigenvalue weighted by Gasteiger charge is 1.86. The van der Waals surface area contributed by atoms with Crippen LogP contribution in [0, 0.1) is 0 Å². The first-order valence-corrected chi connectivity index (χ1v) is 2.76. The molecule has 0 aromatic heterocycles. The molecule has 0 saturated heterocycles. The van der Waals surface area contributed by atoms with Gasteiger partial charge < -0.3 is 0 Å². The molecule has 0 fully saturated rings. The van der Waals surface area contributed by atoms with Gasteiger partial charge in [-0.3, -0.25) is 0 Å². The molecule has 0 aromatic carbocycles. The van der Waals surface area contributed by atoms with Crippen molar-refractivity contribution in [3.05, 3.63) is 41.4 Å². The Hall–Kier alpha value is -1.07. The SMILES string of the molecule is CC1=C=CC=C(F)C=C1. The lowest BCUT2D eigenvalue weighted by Crippen LogP contribution is -1.61. The highest BCUT2D eigenvalue weighted by atomic mass is 19.1. The molecular weight excluding hydrogens is 115 g/mol. The van der Waals surface area contributed by atoms with Gasteiger partial charge in [0.1, 0.15) is 5.83 Å². The molecule has 0 bridgehead atoms. The van der Waals surface area contributed by atoms with Gasteiger partial charge in [-0.05, 0) is 36.8 Å². The molecule has 0 N–H and O–H groups in total. The van der Waals surface area contributed by atoms with E-state index in [-0.39, 0.29) is 5.83 Å². The summed E-state index contributed by atoms with van der Waals surface area (Å²) in [6.07, 6.45) is 6.07. The van der Waals surface area contributed by atoms with Gasteiger partial charge in [0.15, 0.2) is 0 Å². The van der Waals surface area contributed by atoms with Crippen molar-refractivity contribution in [2.75, 3.05) is 0 Å². The van der Waals surface area contributed by atoms with Gasteiger partial charge in [0.2, 0.25) is 0 Å². The van der Waals surface area contributed by atoms with Crippen molar-refractivity contribution < 1.29 is 4.39 Å². The maximum Gasteiger partial charge on any atom is 0.123 e. The third-order valence-corrected chi connectivity index (χ3v) is 1.05. The van der Waals surface area contributed by atoms with Crippen molar-refractivity contribution in [3.63, 3.8) is 0 Å². The van der Waals surface area contributed by atoms with Gasteiger partial charge in [-0.25, -0.2) is 4.39 Å². The minimum absolute atomic E-state index is 0.223. The Kier molecular flexibility index (Phi) is 1.66. The standard InChI is InChI=1S/C8H7F/c1-7-3-2-4-8(9)6-5-7/h2,4-6H,1H3. The molecule has 0 unspecified atom stereocenters. The lowest BCUT2D eigenvalue weighted by molar-refractivity contribution is 0.667. The van der Waals surface area contributed by atoms with Crippen LogP contribution in [-0.2, 0) is 0 Å². The summed E-state index contributed by atoms with van der Waals surface area (Å²) in [5, 5.41) is 0. The first kappa shape index (κ1) is 6.06. The summed E-state index contributed by atoms with van der Waals surface area (Å²) in [5.41, 5.74) is 3.81. The van der Waals surface area contributed by atoms with Crippen molar-refractivity contribution in [3.8, 4) is 0 Å². The summed E-state index contributed by atoms with van der Waals surface area (Å²) in [4.78, 5) is 0. The minimum Gasteiger partial charge on any atom is -0.207 e. The van der Waals surface area contributed by atoms with Crippen molar-refractivity contribution in [1.82, 2.24) is 0 Å².